The maximum absolute atomic E-state index is 13.6. The molecular formula is C29H33N5O4. The Morgan fingerprint density at radius 3 is 2.50 bits per heavy atom. The van der Waals surface area contributed by atoms with Crippen molar-refractivity contribution in [2.75, 3.05) is 11.9 Å². The number of rotatable bonds is 8. The molecule has 0 heterocycles. The summed E-state index contributed by atoms with van der Waals surface area (Å²) < 4.78 is 5.42. The lowest BCUT2D eigenvalue weighted by molar-refractivity contribution is -0.121. The van der Waals surface area contributed by atoms with Gasteiger partial charge in [0.05, 0.1) is 23.4 Å². The molecule has 1 atom stereocenters. The molecule has 0 bridgehead atoms. The monoisotopic (exact) mass is 515 g/mol. The van der Waals surface area contributed by atoms with Crippen LogP contribution in [0.25, 0.3) is 11.1 Å². The van der Waals surface area contributed by atoms with Crippen molar-refractivity contribution in [3.8, 4) is 17.2 Å². The van der Waals surface area contributed by atoms with Crippen LogP contribution in [0.15, 0.2) is 76.6 Å². The Balaban J connectivity index is 1.89. The van der Waals surface area contributed by atoms with Crippen LogP contribution in [0.1, 0.15) is 46.1 Å². The third-order valence-corrected chi connectivity index (χ3v) is 6.37. The van der Waals surface area contributed by atoms with E-state index >= 15 is 0 Å². The van der Waals surface area contributed by atoms with Gasteiger partial charge in [-0.1, -0.05) is 41.6 Å². The Bertz CT molecular complexity index is 1320. The van der Waals surface area contributed by atoms with Crippen molar-refractivity contribution in [2.24, 2.45) is 10.9 Å². The maximum Gasteiger partial charge on any atom is 0.410 e. The third kappa shape index (κ3) is 6.40. The summed E-state index contributed by atoms with van der Waals surface area (Å²) in [6.07, 6.45) is 1.43. The lowest BCUT2D eigenvalue weighted by atomic mass is 9.90. The molecule has 4 N–H and O–H groups in total. The molecule has 0 aliphatic heterocycles. The zero-order chi connectivity index (χ0) is 27.8. The van der Waals surface area contributed by atoms with Crippen LogP contribution in [0.5, 0.6) is 0 Å². The highest BCUT2D eigenvalue weighted by molar-refractivity contribution is 6.02. The molecule has 0 saturated carbocycles. The third-order valence-electron chi connectivity index (χ3n) is 6.37. The number of benzene rings is 2. The first kappa shape index (κ1) is 28.0. The number of nitriles is 1. The summed E-state index contributed by atoms with van der Waals surface area (Å²) in [6, 6.07) is 15.8. The first-order chi connectivity index (χ1) is 18.2. The summed E-state index contributed by atoms with van der Waals surface area (Å²) in [4.78, 5) is 27.9. The first-order valence-electron chi connectivity index (χ1n) is 12.4. The smallest absolute Gasteiger partial charge is 0.410 e. The van der Waals surface area contributed by atoms with Crippen LogP contribution in [0.2, 0.25) is 0 Å². The number of carbonyl (C=O) groups is 2. The Morgan fingerprint density at radius 2 is 1.89 bits per heavy atom. The van der Waals surface area contributed by atoms with E-state index in [0.29, 0.717) is 34.7 Å². The average molecular weight is 516 g/mol. The number of hydrogen-bond acceptors (Lipinski definition) is 7. The molecule has 9 heteroatoms. The van der Waals surface area contributed by atoms with Crippen LogP contribution in [-0.4, -0.2) is 46.5 Å². The number of carbonyl (C=O) groups excluding carboxylic acids is 2. The predicted molar refractivity (Wildman–Crippen MR) is 146 cm³/mol. The highest BCUT2D eigenvalue weighted by Gasteiger charge is 2.32. The molecule has 198 valence electrons. The Labute approximate surface area is 222 Å². The summed E-state index contributed by atoms with van der Waals surface area (Å²) >= 11 is 0. The van der Waals surface area contributed by atoms with Gasteiger partial charge in [0.1, 0.15) is 11.8 Å². The fraction of sp³-hybridized carbons (Fsp3) is 0.310. The van der Waals surface area contributed by atoms with E-state index in [-0.39, 0.29) is 25.0 Å². The predicted octanol–water partition coefficient (Wildman–Crippen LogP) is 5.18. The number of allylic oxidation sites excluding steroid dienone is 3. The summed E-state index contributed by atoms with van der Waals surface area (Å²) in [7, 11) is 0. The van der Waals surface area contributed by atoms with Crippen molar-refractivity contribution in [1.29, 1.82) is 5.26 Å². The van der Waals surface area contributed by atoms with E-state index in [4.69, 9.17) is 10.5 Å². The number of ether oxygens (including phenoxy) is 1. The topological polar surface area (TPSA) is 141 Å². The average Bonchev–Trinajstić information content (AvgIpc) is 2.91. The standard InChI is InChI=1S/C29H33N5O4/c1-5-34(29(36)38-18(2)3)26(16-21-12-15-25(33-37)27(31)19(21)4)28(35)32-23-13-10-20(11-14-23)24-9-7-6-8-22(24)17-30/h6-14,18,26,37H,5,15-16,31H2,1-4H3,(H,32,35)/t26-/m0/s1. The molecule has 2 amide bonds. The molecule has 3 rings (SSSR count). The number of amides is 2. The maximum atomic E-state index is 13.6. The molecule has 0 fully saturated rings. The van der Waals surface area contributed by atoms with Gasteiger partial charge in [0, 0.05) is 25.1 Å². The van der Waals surface area contributed by atoms with E-state index in [1.165, 1.54) is 4.90 Å². The van der Waals surface area contributed by atoms with Crippen molar-refractivity contribution in [1.82, 2.24) is 4.90 Å². The zero-order valence-electron chi connectivity index (χ0n) is 22.1. The quantitative estimate of drug-likeness (QED) is 0.327. The molecule has 0 saturated heterocycles. The Hall–Kier alpha value is -4.58. The second-order valence-corrected chi connectivity index (χ2v) is 9.18. The van der Waals surface area contributed by atoms with E-state index in [2.05, 4.69) is 16.5 Å². The molecule has 1 aliphatic carbocycles. The Morgan fingerprint density at radius 1 is 1.21 bits per heavy atom. The molecule has 38 heavy (non-hydrogen) atoms. The molecule has 9 nitrogen and oxygen atoms in total. The van der Waals surface area contributed by atoms with Crippen LogP contribution in [0.3, 0.4) is 0 Å². The lowest BCUT2D eigenvalue weighted by Crippen LogP contribution is -2.48. The van der Waals surface area contributed by atoms with Gasteiger partial charge in [-0.2, -0.15) is 5.26 Å². The van der Waals surface area contributed by atoms with E-state index in [1.807, 2.05) is 36.4 Å². The van der Waals surface area contributed by atoms with Gasteiger partial charge in [0.25, 0.3) is 0 Å². The van der Waals surface area contributed by atoms with Crippen molar-refractivity contribution < 1.29 is 19.5 Å². The summed E-state index contributed by atoms with van der Waals surface area (Å²) in [6.45, 7) is 7.33. The van der Waals surface area contributed by atoms with Crippen molar-refractivity contribution in [3.63, 3.8) is 0 Å². The minimum absolute atomic E-state index is 0.200. The number of oxime groups is 1. The lowest BCUT2D eigenvalue weighted by Gasteiger charge is -2.31. The van der Waals surface area contributed by atoms with Gasteiger partial charge in [-0.25, -0.2) is 4.79 Å². The fourth-order valence-corrected chi connectivity index (χ4v) is 4.29. The molecule has 0 unspecified atom stereocenters. The van der Waals surface area contributed by atoms with Crippen molar-refractivity contribution in [2.45, 2.75) is 52.7 Å². The number of nitrogens with zero attached hydrogens (tertiary/aromatic N) is 3. The van der Waals surface area contributed by atoms with Crippen LogP contribution in [0.4, 0.5) is 10.5 Å². The molecule has 2 aromatic rings. The van der Waals surface area contributed by atoms with Crippen molar-refractivity contribution >= 4 is 23.4 Å². The molecular weight excluding hydrogens is 482 g/mol. The molecule has 2 aromatic carbocycles. The van der Waals surface area contributed by atoms with Gasteiger partial charge in [0.2, 0.25) is 5.91 Å². The normalized spacial score (nSPS) is 15.1. The van der Waals surface area contributed by atoms with Gasteiger partial charge in [-0.05, 0) is 68.2 Å². The highest BCUT2D eigenvalue weighted by atomic mass is 16.6. The van der Waals surface area contributed by atoms with Crippen LogP contribution >= 0.6 is 0 Å². The summed E-state index contributed by atoms with van der Waals surface area (Å²) in [5.41, 5.74) is 11.1. The molecule has 0 radical (unpaired) electrons. The SMILES string of the molecule is CCN(C(=O)OC(C)C)[C@@H](CC1=CCC(=NO)C(N)=C1C)C(=O)Nc1ccc(-c2ccccc2C#N)cc1. The molecule has 1 aliphatic rings. The summed E-state index contributed by atoms with van der Waals surface area (Å²) in [5, 5.41) is 24.8. The number of nitrogens with one attached hydrogen (secondary N) is 1. The minimum atomic E-state index is -0.883. The van der Waals surface area contributed by atoms with Gasteiger partial charge in [-0.15, -0.1) is 0 Å². The number of hydrogen-bond donors (Lipinski definition) is 3. The van der Waals surface area contributed by atoms with E-state index in [0.717, 1.165) is 16.7 Å². The van der Waals surface area contributed by atoms with E-state index < -0.39 is 12.1 Å². The zero-order valence-corrected chi connectivity index (χ0v) is 22.1. The minimum Gasteiger partial charge on any atom is -0.447 e. The first-order valence-corrected chi connectivity index (χ1v) is 12.4. The number of anilines is 1. The van der Waals surface area contributed by atoms with Gasteiger partial charge >= 0.3 is 6.09 Å². The fourth-order valence-electron chi connectivity index (χ4n) is 4.29. The van der Waals surface area contributed by atoms with Crippen LogP contribution in [0, 0.1) is 11.3 Å². The Kier molecular flexibility index (Phi) is 9.28. The molecule has 0 aromatic heterocycles. The van der Waals surface area contributed by atoms with Gasteiger partial charge < -0.3 is 21.0 Å². The van der Waals surface area contributed by atoms with Crippen LogP contribution < -0.4 is 11.1 Å². The van der Waals surface area contributed by atoms with Gasteiger partial charge in [-0.3, -0.25) is 9.69 Å². The van der Waals surface area contributed by atoms with Crippen molar-refractivity contribution in [3.05, 3.63) is 77.0 Å². The van der Waals surface area contributed by atoms with E-state index in [1.54, 1.807) is 45.9 Å². The van der Waals surface area contributed by atoms with E-state index in [9.17, 15) is 20.1 Å². The number of nitrogens with two attached hydrogens (primary N) is 1. The second kappa shape index (κ2) is 12.6. The number of likely N-dealkylation sites (N-methyl/N-ethyl adjacent to an activating group) is 1. The molecule has 0 spiro atoms. The largest absolute Gasteiger partial charge is 0.447 e. The highest BCUT2D eigenvalue weighted by Crippen LogP contribution is 2.28. The second-order valence-electron chi connectivity index (χ2n) is 9.18. The summed E-state index contributed by atoms with van der Waals surface area (Å²) in [5.74, 6) is -0.383. The van der Waals surface area contributed by atoms with Crippen LogP contribution in [-0.2, 0) is 9.53 Å². The van der Waals surface area contributed by atoms with Gasteiger partial charge in [0.15, 0.2) is 0 Å².